The van der Waals surface area contributed by atoms with Crippen LogP contribution < -0.4 is 0 Å². The maximum Gasteiger partial charge on any atom is 0.208 e. The van der Waals surface area contributed by atoms with Crippen molar-refractivity contribution in [2.45, 2.75) is 33.1 Å². The van der Waals surface area contributed by atoms with Gasteiger partial charge in [0, 0.05) is 6.42 Å². The molecular weight excluding hydrogens is 140 g/mol. The Morgan fingerprint density at radius 2 is 2.27 bits per heavy atom. The lowest BCUT2D eigenvalue weighted by Crippen LogP contribution is -2.03. The summed E-state index contributed by atoms with van der Waals surface area (Å²) in [4.78, 5) is 3.55. The molecule has 0 rings (SSSR count). The van der Waals surface area contributed by atoms with Gasteiger partial charge in [0.25, 0.3) is 0 Å². The van der Waals surface area contributed by atoms with E-state index in [0.29, 0.717) is 12.5 Å². The van der Waals surface area contributed by atoms with Gasteiger partial charge >= 0.3 is 0 Å². The van der Waals surface area contributed by atoms with Crippen LogP contribution in [-0.2, 0) is 4.74 Å². The predicted octanol–water partition coefficient (Wildman–Crippen LogP) is 2.09. The summed E-state index contributed by atoms with van der Waals surface area (Å²) in [7, 11) is 0. The third kappa shape index (κ3) is 5.41. The highest BCUT2D eigenvalue weighted by atomic mass is 16.5. The molecule has 0 fully saturated rings. The van der Waals surface area contributed by atoms with E-state index in [1.807, 2.05) is 6.92 Å². The molecule has 0 N–H and O–H groups in total. The maximum absolute atomic E-state index is 8.25. The van der Waals surface area contributed by atoms with Crippen LogP contribution in [0, 0.1) is 11.5 Å². The first-order valence-corrected chi connectivity index (χ1v) is 3.93. The number of hydrogen-bond acceptors (Lipinski definition) is 3. The first-order chi connectivity index (χ1) is 5.35. The molecule has 0 aromatic heterocycles. The first-order valence-electron chi connectivity index (χ1n) is 3.93. The van der Waals surface area contributed by atoms with Gasteiger partial charge in [-0.05, 0) is 13.3 Å². The average Bonchev–Trinajstić information content (AvgIpc) is 2.01. The van der Waals surface area contributed by atoms with E-state index in [1.54, 1.807) is 6.19 Å². The van der Waals surface area contributed by atoms with E-state index in [-0.39, 0.29) is 0 Å². The van der Waals surface area contributed by atoms with Crippen molar-refractivity contribution in [3.63, 3.8) is 0 Å². The van der Waals surface area contributed by atoms with Gasteiger partial charge in [-0.2, -0.15) is 5.26 Å². The summed E-state index contributed by atoms with van der Waals surface area (Å²) in [5, 5.41) is 8.25. The normalized spacial score (nSPS) is 10.8. The highest BCUT2D eigenvalue weighted by Crippen LogP contribution is 1.98. The molecule has 3 nitrogen and oxygen atoms in total. The van der Waals surface area contributed by atoms with Crippen LogP contribution in [0.4, 0.5) is 0 Å². The minimum Gasteiger partial charge on any atom is -0.481 e. The molecule has 0 aromatic rings. The largest absolute Gasteiger partial charge is 0.481 e. The molecular formula is C8H14N2O. The summed E-state index contributed by atoms with van der Waals surface area (Å²) in [6.45, 7) is 4.57. The third-order valence-corrected chi connectivity index (χ3v) is 1.23. The number of nitrogens with zero attached hydrogens (tertiary/aromatic N) is 2. The van der Waals surface area contributed by atoms with Crippen molar-refractivity contribution in [3.05, 3.63) is 0 Å². The van der Waals surface area contributed by atoms with Crippen LogP contribution in [0.25, 0.3) is 0 Å². The van der Waals surface area contributed by atoms with Crippen LogP contribution in [0.3, 0.4) is 0 Å². The highest BCUT2D eigenvalue weighted by Gasteiger charge is 1.97. The van der Waals surface area contributed by atoms with Crippen LogP contribution >= 0.6 is 0 Å². The fourth-order valence-corrected chi connectivity index (χ4v) is 0.711. The minimum atomic E-state index is 0.567. The maximum atomic E-state index is 8.25. The Bertz CT molecular complexity index is 158. The van der Waals surface area contributed by atoms with E-state index in [9.17, 15) is 0 Å². The van der Waals surface area contributed by atoms with Crippen molar-refractivity contribution in [1.82, 2.24) is 0 Å². The lowest BCUT2D eigenvalue weighted by Gasteiger charge is -2.02. The van der Waals surface area contributed by atoms with E-state index in [0.717, 1.165) is 19.3 Å². The van der Waals surface area contributed by atoms with Crippen molar-refractivity contribution in [2.75, 3.05) is 6.61 Å². The Balaban J connectivity index is 3.72. The SMILES string of the molecule is CCCC/C(=N/C#N)OCC. The van der Waals surface area contributed by atoms with E-state index in [4.69, 9.17) is 10.00 Å². The topological polar surface area (TPSA) is 45.4 Å². The van der Waals surface area contributed by atoms with Gasteiger partial charge in [-0.1, -0.05) is 13.3 Å². The van der Waals surface area contributed by atoms with Gasteiger partial charge in [-0.25, -0.2) is 0 Å². The summed E-state index contributed by atoms with van der Waals surface area (Å²) >= 11 is 0. The number of ether oxygens (including phenoxy) is 1. The molecule has 0 saturated carbocycles. The Hall–Kier alpha value is -1.04. The summed E-state index contributed by atoms with van der Waals surface area (Å²) < 4.78 is 5.11. The highest BCUT2D eigenvalue weighted by molar-refractivity contribution is 5.76. The fourth-order valence-electron chi connectivity index (χ4n) is 0.711. The molecule has 0 heterocycles. The van der Waals surface area contributed by atoms with Gasteiger partial charge in [0.2, 0.25) is 6.19 Å². The molecule has 0 aromatic carbocycles. The second kappa shape index (κ2) is 7.07. The predicted molar refractivity (Wildman–Crippen MR) is 44.2 cm³/mol. The lowest BCUT2D eigenvalue weighted by atomic mass is 10.2. The quantitative estimate of drug-likeness (QED) is 0.353. The Morgan fingerprint density at radius 3 is 2.73 bits per heavy atom. The van der Waals surface area contributed by atoms with Crippen LogP contribution in [-0.4, -0.2) is 12.5 Å². The molecule has 11 heavy (non-hydrogen) atoms. The summed E-state index contributed by atoms with van der Waals surface area (Å²) in [6, 6.07) is 0. The Morgan fingerprint density at radius 1 is 1.55 bits per heavy atom. The smallest absolute Gasteiger partial charge is 0.208 e. The molecule has 0 aliphatic rings. The molecule has 0 aliphatic heterocycles. The third-order valence-electron chi connectivity index (χ3n) is 1.23. The zero-order chi connectivity index (χ0) is 8.53. The standard InChI is InChI=1S/C8H14N2O/c1-3-5-6-8(10-7-9)11-4-2/h3-6H2,1-2H3/b10-8-. The van der Waals surface area contributed by atoms with Gasteiger partial charge in [-0.15, -0.1) is 4.99 Å². The summed E-state index contributed by atoms with van der Waals surface area (Å²) in [5.41, 5.74) is 0. The van der Waals surface area contributed by atoms with Crippen LogP contribution in [0.5, 0.6) is 0 Å². The molecule has 0 aliphatic carbocycles. The molecule has 0 spiro atoms. The zero-order valence-corrected chi connectivity index (χ0v) is 7.13. The molecule has 0 saturated heterocycles. The molecule has 62 valence electrons. The summed E-state index contributed by atoms with van der Waals surface area (Å²) in [6.07, 6.45) is 4.62. The van der Waals surface area contributed by atoms with E-state index in [2.05, 4.69) is 11.9 Å². The number of nitriles is 1. The molecule has 0 atom stereocenters. The number of hydrogen-bond donors (Lipinski definition) is 0. The fraction of sp³-hybridized carbons (Fsp3) is 0.750. The van der Waals surface area contributed by atoms with E-state index < -0.39 is 0 Å². The second-order valence-electron chi connectivity index (χ2n) is 2.14. The second-order valence-corrected chi connectivity index (χ2v) is 2.14. The van der Waals surface area contributed by atoms with Gasteiger partial charge < -0.3 is 4.74 Å². The van der Waals surface area contributed by atoms with Crippen molar-refractivity contribution in [2.24, 2.45) is 4.99 Å². The molecule has 0 radical (unpaired) electrons. The Labute approximate surface area is 67.7 Å². The number of unbranched alkanes of at least 4 members (excludes halogenated alkanes) is 1. The van der Waals surface area contributed by atoms with Crippen molar-refractivity contribution in [3.8, 4) is 6.19 Å². The van der Waals surface area contributed by atoms with Crippen LogP contribution in [0.1, 0.15) is 33.1 Å². The van der Waals surface area contributed by atoms with Gasteiger partial charge in [0.05, 0.1) is 6.61 Å². The molecule has 0 bridgehead atoms. The van der Waals surface area contributed by atoms with Gasteiger partial charge in [0.15, 0.2) is 5.90 Å². The number of aliphatic imine (C=N–C) groups is 1. The summed E-state index contributed by atoms with van der Waals surface area (Å²) in [5.74, 6) is 0.567. The van der Waals surface area contributed by atoms with Crippen LogP contribution in [0.2, 0.25) is 0 Å². The average molecular weight is 154 g/mol. The molecule has 0 unspecified atom stereocenters. The first kappa shape index (κ1) is 9.96. The Kier molecular flexibility index (Phi) is 6.40. The minimum absolute atomic E-state index is 0.567. The van der Waals surface area contributed by atoms with Gasteiger partial charge in [0.1, 0.15) is 0 Å². The van der Waals surface area contributed by atoms with Crippen molar-refractivity contribution in [1.29, 1.82) is 5.26 Å². The van der Waals surface area contributed by atoms with Crippen molar-refractivity contribution < 1.29 is 4.74 Å². The van der Waals surface area contributed by atoms with E-state index in [1.165, 1.54) is 0 Å². The molecule has 0 amide bonds. The lowest BCUT2D eigenvalue weighted by molar-refractivity contribution is 0.316. The van der Waals surface area contributed by atoms with Gasteiger partial charge in [-0.3, -0.25) is 0 Å². The van der Waals surface area contributed by atoms with Crippen LogP contribution in [0.15, 0.2) is 4.99 Å². The monoisotopic (exact) mass is 154 g/mol. The van der Waals surface area contributed by atoms with Crippen molar-refractivity contribution >= 4 is 5.90 Å². The molecule has 3 heteroatoms. The zero-order valence-electron chi connectivity index (χ0n) is 7.13. The van der Waals surface area contributed by atoms with E-state index >= 15 is 0 Å². The number of rotatable bonds is 4.